The summed E-state index contributed by atoms with van der Waals surface area (Å²) >= 11 is 1.84. The quantitative estimate of drug-likeness (QED) is 0.939. The molecule has 5 heteroatoms. The lowest BCUT2D eigenvalue weighted by molar-refractivity contribution is 0.483. The van der Waals surface area contributed by atoms with Gasteiger partial charge in [-0.1, -0.05) is 43.0 Å². The molecule has 0 amide bonds. The predicted molar refractivity (Wildman–Crippen MR) is 81.8 cm³/mol. The second-order valence-corrected chi connectivity index (χ2v) is 6.36. The molecule has 1 aliphatic rings. The molecule has 1 N–H and O–H groups in total. The molecule has 0 saturated heterocycles. The topological polar surface area (TPSA) is 42.7 Å². The first-order valence-corrected chi connectivity index (χ1v) is 7.99. The number of hydrogen-bond acceptors (Lipinski definition) is 4. The Hall–Kier alpha value is -1.33. The van der Waals surface area contributed by atoms with Gasteiger partial charge in [0.25, 0.3) is 0 Å². The second-order valence-electron chi connectivity index (χ2n) is 5.15. The molecule has 1 aliphatic carbocycles. The van der Waals surface area contributed by atoms with Crippen LogP contribution in [0.3, 0.4) is 0 Å². The minimum Gasteiger partial charge on any atom is -0.312 e. The Morgan fingerprint density at radius 3 is 3.00 bits per heavy atom. The van der Waals surface area contributed by atoms with E-state index < -0.39 is 0 Å². The maximum atomic E-state index is 4.21. The maximum absolute atomic E-state index is 4.21. The summed E-state index contributed by atoms with van der Waals surface area (Å²) in [5.74, 6) is 0. The third-order valence-corrected chi connectivity index (χ3v) is 5.20. The highest BCUT2D eigenvalue weighted by Crippen LogP contribution is 2.39. The number of rotatable bonds is 4. The van der Waals surface area contributed by atoms with Gasteiger partial charge in [-0.2, -0.15) is 0 Å². The highest BCUT2D eigenvalue weighted by molar-refractivity contribution is 7.99. The average molecular weight is 288 g/mol. The molecule has 0 bridgehead atoms. The number of nitrogens with one attached hydrogen (secondary N) is 1. The van der Waals surface area contributed by atoms with Crippen molar-refractivity contribution in [1.29, 1.82) is 0 Å². The van der Waals surface area contributed by atoms with Crippen LogP contribution in [0.4, 0.5) is 0 Å². The zero-order valence-corrected chi connectivity index (χ0v) is 12.7. The molecule has 4 nitrogen and oxygen atoms in total. The number of hydrogen-bond donors (Lipinski definition) is 1. The molecule has 3 rings (SSSR count). The molecule has 1 aromatic heterocycles. The van der Waals surface area contributed by atoms with Crippen molar-refractivity contribution < 1.29 is 0 Å². The maximum Gasteiger partial charge on any atom is 0.191 e. The Morgan fingerprint density at radius 1 is 1.40 bits per heavy atom. The van der Waals surface area contributed by atoms with Crippen molar-refractivity contribution in [1.82, 2.24) is 20.1 Å². The molecule has 2 atom stereocenters. The Morgan fingerprint density at radius 2 is 2.25 bits per heavy atom. The summed E-state index contributed by atoms with van der Waals surface area (Å²) in [4.78, 5) is 0. The summed E-state index contributed by atoms with van der Waals surface area (Å²) in [6, 6.07) is 9.18. The van der Waals surface area contributed by atoms with Crippen LogP contribution in [-0.2, 0) is 13.5 Å². The summed E-state index contributed by atoms with van der Waals surface area (Å²) in [5.41, 5.74) is 2.92. The third-order valence-electron chi connectivity index (χ3n) is 3.81. The van der Waals surface area contributed by atoms with Crippen LogP contribution >= 0.6 is 11.8 Å². The van der Waals surface area contributed by atoms with Crippen LogP contribution in [0, 0.1) is 0 Å². The molecule has 0 spiro atoms. The van der Waals surface area contributed by atoms with Crippen LogP contribution in [-0.4, -0.2) is 26.6 Å². The van der Waals surface area contributed by atoms with Crippen molar-refractivity contribution in [2.45, 2.75) is 36.2 Å². The molecule has 2 aromatic rings. The van der Waals surface area contributed by atoms with Gasteiger partial charge >= 0.3 is 0 Å². The molecule has 1 heterocycles. The molecule has 0 radical (unpaired) electrons. The Bertz CT molecular complexity index is 581. The first-order chi connectivity index (χ1) is 9.79. The summed E-state index contributed by atoms with van der Waals surface area (Å²) in [7, 11) is 2.00. The summed E-state index contributed by atoms with van der Waals surface area (Å²) in [5, 5.41) is 13.3. The zero-order valence-electron chi connectivity index (χ0n) is 11.9. The van der Waals surface area contributed by atoms with Crippen LogP contribution in [0.1, 0.15) is 30.5 Å². The summed E-state index contributed by atoms with van der Waals surface area (Å²) in [6.07, 6.45) is 4.08. The lowest BCUT2D eigenvalue weighted by Crippen LogP contribution is -2.34. The zero-order chi connectivity index (χ0) is 13.9. The fourth-order valence-electron chi connectivity index (χ4n) is 2.83. The molecule has 0 fully saturated rings. The average Bonchev–Trinajstić information content (AvgIpc) is 2.87. The Labute approximate surface area is 124 Å². The fourth-order valence-corrected chi connectivity index (χ4v) is 4.03. The summed E-state index contributed by atoms with van der Waals surface area (Å²) in [6.45, 7) is 3.15. The van der Waals surface area contributed by atoms with Crippen molar-refractivity contribution >= 4 is 11.8 Å². The van der Waals surface area contributed by atoms with E-state index in [0.717, 1.165) is 18.1 Å². The lowest BCUT2D eigenvalue weighted by Gasteiger charge is -2.33. The van der Waals surface area contributed by atoms with E-state index in [1.165, 1.54) is 17.5 Å². The van der Waals surface area contributed by atoms with Crippen LogP contribution < -0.4 is 5.32 Å². The van der Waals surface area contributed by atoms with Gasteiger partial charge in [-0.15, -0.1) is 10.2 Å². The number of thioether (sulfide) groups is 1. The molecular weight excluding hydrogens is 268 g/mol. The number of benzene rings is 1. The number of aromatic nitrogens is 3. The normalized spacial score (nSPS) is 21.7. The van der Waals surface area contributed by atoms with Gasteiger partial charge in [0.05, 0.1) is 0 Å². The number of nitrogens with zero attached hydrogens (tertiary/aromatic N) is 3. The molecule has 2 unspecified atom stereocenters. The minimum atomic E-state index is 0.395. The first kappa shape index (κ1) is 13.6. The van der Waals surface area contributed by atoms with Crippen molar-refractivity contribution in [3.05, 3.63) is 41.7 Å². The van der Waals surface area contributed by atoms with Crippen LogP contribution in [0.15, 0.2) is 35.7 Å². The van der Waals surface area contributed by atoms with Crippen molar-refractivity contribution in [3.8, 4) is 0 Å². The smallest absolute Gasteiger partial charge is 0.191 e. The van der Waals surface area contributed by atoms with E-state index in [1.54, 1.807) is 6.33 Å². The van der Waals surface area contributed by atoms with E-state index >= 15 is 0 Å². The highest BCUT2D eigenvalue weighted by atomic mass is 32.2. The molecule has 1 aromatic carbocycles. The fraction of sp³-hybridized carbons (Fsp3) is 0.467. The van der Waals surface area contributed by atoms with Gasteiger partial charge in [0.15, 0.2) is 5.16 Å². The number of fused-ring (bicyclic) bond motifs is 1. The van der Waals surface area contributed by atoms with Crippen LogP contribution in [0.2, 0.25) is 0 Å². The van der Waals surface area contributed by atoms with Gasteiger partial charge in [0.1, 0.15) is 6.33 Å². The SMILES string of the molecule is CCNC1c2ccccc2CCC1Sc1nncn1C. The molecule has 20 heavy (non-hydrogen) atoms. The second kappa shape index (κ2) is 5.97. The Balaban J connectivity index is 1.86. The number of aryl methyl sites for hydroxylation is 2. The molecule has 106 valence electrons. The van der Waals surface area contributed by atoms with Gasteiger partial charge in [-0.3, -0.25) is 0 Å². The van der Waals surface area contributed by atoms with Gasteiger partial charge in [0.2, 0.25) is 0 Å². The van der Waals surface area contributed by atoms with E-state index in [-0.39, 0.29) is 0 Å². The molecule has 0 saturated carbocycles. The van der Waals surface area contributed by atoms with E-state index in [1.807, 2.05) is 23.4 Å². The summed E-state index contributed by atoms with van der Waals surface area (Å²) < 4.78 is 1.99. The highest BCUT2D eigenvalue weighted by Gasteiger charge is 2.30. The van der Waals surface area contributed by atoms with Gasteiger partial charge in [-0.05, 0) is 30.5 Å². The van der Waals surface area contributed by atoms with E-state index in [9.17, 15) is 0 Å². The molecule has 0 aliphatic heterocycles. The largest absolute Gasteiger partial charge is 0.312 e. The van der Waals surface area contributed by atoms with Crippen LogP contribution in [0.5, 0.6) is 0 Å². The third kappa shape index (κ3) is 2.60. The minimum absolute atomic E-state index is 0.395. The van der Waals surface area contributed by atoms with Gasteiger partial charge < -0.3 is 9.88 Å². The van der Waals surface area contributed by atoms with Gasteiger partial charge in [-0.25, -0.2) is 0 Å². The standard InChI is InChI=1S/C15H20N4S/c1-3-16-14-12-7-5-4-6-11(12)8-9-13(14)20-15-18-17-10-19(15)2/h4-7,10,13-14,16H,3,8-9H2,1-2H3. The van der Waals surface area contributed by atoms with Crippen molar-refractivity contribution in [3.63, 3.8) is 0 Å². The van der Waals surface area contributed by atoms with Crippen LogP contribution in [0.25, 0.3) is 0 Å². The predicted octanol–water partition coefficient (Wildman–Crippen LogP) is 2.57. The lowest BCUT2D eigenvalue weighted by atomic mass is 9.87. The first-order valence-electron chi connectivity index (χ1n) is 7.11. The molecular formula is C15H20N4S. The monoisotopic (exact) mass is 288 g/mol. The van der Waals surface area contributed by atoms with E-state index in [4.69, 9.17) is 0 Å². The Kier molecular flexibility index (Phi) is 4.08. The van der Waals surface area contributed by atoms with E-state index in [0.29, 0.717) is 11.3 Å². The van der Waals surface area contributed by atoms with Gasteiger partial charge in [0, 0.05) is 18.3 Å². The van der Waals surface area contributed by atoms with Crippen molar-refractivity contribution in [2.24, 2.45) is 7.05 Å². The van der Waals surface area contributed by atoms with E-state index in [2.05, 4.69) is 46.7 Å². The van der Waals surface area contributed by atoms with Crippen molar-refractivity contribution in [2.75, 3.05) is 6.54 Å².